The number of hydrogen-bond donors (Lipinski definition) is 2. The molecule has 0 atom stereocenters. The second-order valence-electron chi connectivity index (χ2n) is 6.40. The fourth-order valence-corrected chi connectivity index (χ4v) is 2.98. The molecule has 0 fully saturated rings. The lowest BCUT2D eigenvalue weighted by molar-refractivity contribution is -0.116. The number of H-pyrrole nitrogens is 1. The van der Waals surface area contributed by atoms with Crippen LogP contribution in [0.5, 0.6) is 0 Å². The number of carbonyl (C=O) groups is 2. The summed E-state index contributed by atoms with van der Waals surface area (Å²) in [5.74, 6) is -0.0615. The van der Waals surface area contributed by atoms with Gasteiger partial charge in [-0.15, -0.1) is 0 Å². The summed E-state index contributed by atoms with van der Waals surface area (Å²) in [6.45, 7) is 1.76. The van der Waals surface area contributed by atoms with Crippen molar-refractivity contribution in [2.45, 2.75) is 26.2 Å². The van der Waals surface area contributed by atoms with Crippen LogP contribution in [-0.4, -0.2) is 29.0 Å². The average Bonchev–Trinajstić information content (AvgIpc) is 2.69. The first-order valence-electron chi connectivity index (χ1n) is 8.95. The number of para-hydroxylation sites is 1. The smallest absolute Gasteiger partial charge is 0.338 e. The van der Waals surface area contributed by atoms with Crippen LogP contribution in [0, 0.1) is 6.92 Å². The molecule has 1 heterocycles. The molecule has 0 saturated carbocycles. The van der Waals surface area contributed by atoms with Gasteiger partial charge in [-0.3, -0.25) is 9.59 Å². The highest BCUT2D eigenvalue weighted by Crippen LogP contribution is 2.20. The van der Waals surface area contributed by atoms with Crippen LogP contribution in [0.1, 0.15) is 34.6 Å². The number of nitrogens with one attached hydrogen (secondary N) is 2. The molecule has 0 bridgehead atoms. The summed E-state index contributed by atoms with van der Waals surface area (Å²) in [6, 6.07) is 12.2. The van der Waals surface area contributed by atoms with E-state index in [1.807, 2.05) is 6.07 Å². The van der Waals surface area contributed by atoms with Crippen molar-refractivity contribution < 1.29 is 14.3 Å². The zero-order valence-corrected chi connectivity index (χ0v) is 15.7. The molecule has 0 aliphatic carbocycles. The summed E-state index contributed by atoms with van der Waals surface area (Å²) >= 11 is 0. The molecule has 28 heavy (non-hydrogen) atoms. The minimum absolute atomic E-state index is 0.173. The molecule has 3 aromatic rings. The van der Waals surface area contributed by atoms with Crippen LogP contribution in [0.4, 0.5) is 5.69 Å². The van der Waals surface area contributed by atoms with E-state index in [1.54, 1.807) is 43.3 Å². The van der Waals surface area contributed by atoms with Gasteiger partial charge >= 0.3 is 5.97 Å². The summed E-state index contributed by atoms with van der Waals surface area (Å²) in [5.41, 5.74) is 2.10. The van der Waals surface area contributed by atoms with Crippen molar-refractivity contribution in [1.29, 1.82) is 0 Å². The molecule has 144 valence electrons. The number of esters is 1. The van der Waals surface area contributed by atoms with Crippen LogP contribution in [0.15, 0.2) is 47.3 Å². The quantitative estimate of drug-likeness (QED) is 0.641. The fourth-order valence-electron chi connectivity index (χ4n) is 2.98. The third-order valence-corrected chi connectivity index (χ3v) is 4.49. The number of benzene rings is 2. The van der Waals surface area contributed by atoms with Crippen molar-refractivity contribution in [3.05, 3.63) is 69.8 Å². The van der Waals surface area contributed by atoms with Crippen LogP contribution in [0.3, 0.4) is 0 Å². The first-order valence-corrected chi connectivity index (χ1v) is 8.95. The number of aromatic nitrogens is 2. The molecular weight excluding hydrogens is 358 g/mol. The van der Waals surface area contributed by atoms with Crippen molar-refractivity contribution in [3.8, 4) is 0 Å². The van der Waals surface area contributed by atoms with Crippen molar-refractivity contribution in [2.75, 3.05) is 12.4 Å². The molecule has 1 amide bonds. The van der Waals surface area contributed by atoms with Gasteiger partial charge < -0.3 is 15.0 Å². The maximum Gasteiger partial charge on any atom is 0.338 e. The molecule has 2 N–H and O–H groups in total. The van der Waals surface area contributed by atoms with Crippen molar-refractivity contribution in [1.82, 2.24) is 9.97 Å². The Morgan fingerprint density at radius 3 is 2.71 bits per heavy atom. The average molecular weight is 379 g/mol. The van der Waals surface area contributed by atoms with E-state index in [-0.39, 0.29) is 17.9 Å². The molecule has 0 aliphatic rings. The molecule has 0 aliphatic heterocycles. The molecule has 0 radical (unpaired) electrons. The Kier molecular flexibility index (Phi) is 5.84. The Morgan fingerprint density at radius 1 is 1.14 bits per heavy atom. The van der Waals surface area contributed by atoms with Gasteiger partial charge in [0.15, 0.2) is 0 Å². The van der Waals surface area contributed by atoms with Crippen molar-refractivity contribution in [3.63, 3.8) is 0 Å². The highest BCUT2D eigenvalue weighted by Gasteiger charge is 2.13. The lowest BCUT2D eigenvalue weighted by Gasteiger charge is -2.11. The first-order chi connectivity index (χ1) is 13.5. The van der Waals surface area contributed by atoms with E-state index >= 15 is 0 Å². The number of methoxy groups -OCH3 is 1. The third kappa shape index (κ3) is 4.25. The zero-order chi connectivity index (χ0) is 20.1. The first kappa shape index (κ1) is 19.3. The number of aromatic amines is 1. The molecule has 0 saturated heterocycles. The summed E-state index contributed by atoms with van der Waals surface area (Å²) in [6.07, 6.45) is 1.27. The van der Waals surface area contributed by atoms with Crippen LogP contribution >= 0.6 is 0 Å². The van der Waals surface area contributed by atoms with Crippen molar-refractivity contribution in [2.24, 2.45) is 0 Å². The number of hydrogen-bond acceptors (Lipinski definition) is 5. The van der Waals surface area contributed by atoms with Gasteiger partial charge in [0.05, 0.1) is 23.6 Å². The number of rotatable bonds is 6. The standard InChI is InChI=1S/C21H21N3O4/c1-13-14(21(27)28-2)8-5-10-16(13)23-19(25)12-6-11-18-22-17-9-4-3-7-15(17)20(26)24-18/h3-5,7-10H,6,11-12H2,1-2H3,(H,23,25)(H,22,24,26). The topological polar surface area (TPSA) is 101 Å². The highest BCUT2D eigenvalue weighted by atomic mass is 16.5. The minimum Gasteiger partial charge on any atom is -0.465 e. The van der Waals surface area contributed by atoms with E-state index in [0.717, 1.165) is 0 Å². The highest BCUT2D eigenvalue weighted by molar-refractivity contribution is 5.96. The van der Waals surface area contributed by atoms with Gasteiger partial charge in [0.2, 0.25) is 5.91 Å². The minimum atomic E-state index is -0.445. The van der Waals surface area contributed by atoms with Gasteiger partial charge in [-0.25, -0.2) is 9.78 Å². The molecule has 0 unspecified atom stereocenters. The van der Waals surface area contributed by atoms with Gasteiger partial charge in [0.25, 0.3) is 5.56 Å². The lowest BCUT2D eigenvalue weighted by atomic mass is 10.1. The van der Waals surface area contributed by atoms with Crippen LogP contribution in [-0.2, 0) is 16.0 Å². The number of fused-ring (bicyclic) bond motifs is 1. The molecule has 7 nitrogen and oxygen atoms in total. The van der Waals surface area contributed by atoms with E-state index < -0.39 is 5.97 Å². The van der Waals surface area contributed by atoms with Gasteiger partial charge in [0, 0.05) is 18.5 Å². The van der Waals surface area contributed by atoms with E-state index in [4.69, 9.17) is 4.74 Å². The normalized spacial score (nSPS) is 10.6. The van der Waals surface area contributed by atoms with Gasteiger partial charge in [-0.05, 0) is 43.2 Å². The predicted octanol–water partition coefficient (Wildman–Crippen LogP) is 2.98. The van der Waals surface area contributed by atoms with Crippen LogP contribution in [0.25, 0.3) is 10.9 Å². The second-order valence-corrected chi connectivity index (χ2v) is 6.40. The number of aryl methyl sites for hydroxylation is 1. The van der Waals surface area contributed by atoms with Gasteiger partial charge in [0.1, 0.15) is 5.82 Å². The van der Waals surface area contributed by atoms with Crippen LogP contribution in [0.2, 0.25) is 0 Å². The predicted molar refractivity (Wildman–Crippen MR) is 106 cm³/mol. The number of anilines is 1. The largest absolute Gasteiger partial charge is 0.465 e. The van der Waals surface area contributed by atoms with E-state index in [9.17, 15) is 14.4 Å². The Balaban J connectivity index is 1.61. The fraction of sp³-hybridized carbons (Fsp3) is 0.238. The zero-order valence-electron chi connectivity index (χ0n) is 15.7. The molecular formula is C21H21N3O4. The number of ether oxygens (including phenoxy) is 1. The van der Waals surface area contributed by atoms with Crippen LogP contribution < -0.4 is 10.9 Å². The Morgan fingerprint density at radius 2 is 1.93 bits per heavy atom. The van der Waals surface area contributed by atoms with E-state index in [2.05, 4.69) is 15.3 Å². The summed E-state index contributed by atoms with van der Waals surface area (Å²) in [5, 5.41) is 3.36. The summed E-state index contributed by atoms with van der Waals surface area (Å²) < 4.78 is 4.74. The monoisotopic (exact) mass is 379 g/mol. The van der Waals surface area contributed by atoms with E-state index in [1.165, 1.54) is 7.11 Å². The maximum absolute atomic E-state index is 12.3. The molecule has 0 spiro atoms. The molecule has 3 rings (SSSR count). The summed E-state index contributed by atoms with van der Waals surface area (Å²) in [7, 11) is 1.32. The molecule has 7 heteroatoms. The molecule has 1 aromatic heterocycles. The second kappa shape index (κ2) is 8.47. The summed E-state index contributed by atoms with van der Waals surface area (Å²) in [4.78, 5) is 43.3. The third-order valence-electron chi connectivity index (χ3n) is 4.49. The lowest BCUT2D eigenvalue weighted by Crippen LogP contribution is -2.15. The van der Waals surface area contributed by atoms with Gasteiger partial charge in [-0.1, -0.05) is 18.2 Å². The Hall–Kier alpha value is -3.48. The van der Waals surface area contributed by atoms with Crippen molar-refractivity contribution >= 4 is 28.5 Å². The SMILES string of the molecule is COC(=O)c1cccc(NC(=O)CCCc2nc3ccccc3c(=O)[nH]2)c1C. The van der Waals surface area contributed by atoms with E-state index in [0.29, 0.717) is 46.4 Å². The number of amides is 1. The number of carbonyl (C=O) groups excluding carboxylic acids is 2. The maximum atomic E-state index is 12.3. The van der Waals surface area contributed by atoms with Gasteiger partial charge in [-0.2, -0.15) is 0 Å². The Bertz CT molecular complexity index is 1090. The Labute approximate surface area is 161 Å². The molecule has 2 aromatic carbocycles. The number of nitrogens with zero attached hydrogens (tertiary/aromatic N) is 1.